The first-order valence-electron chi connectivity index (χ1n) is 14.4. The lowest BCUT2D eigenvalue weighted by Crippen LogP contribution is -2.50. The summed E-state index contributed by atoms with van der Waals surface area (Å²) in [5.74, 6) is 0.190. The molecular formula is C30H43N3O7. The fraction of sp³-hybridized carbons (Fsp3) is 0.700. The maximum atomic E-state index is 13.1. The van der Waals surface area contributed by atoms with Crippen molar-refractivity contribution in [2.45, 2.75) is 92.3 Å². The molecule has 1 aromatic heterocycles. The lowest BCUT2D eigenvalue weighted by atomic mass is 9.61. The van der Waals surface area contributed by atoms with Crippen molar-refractivity contribution >= 4 is 17.9 Å². The third-order valence-corrected chi connectivity index (χ3v) is 9.13. The van der Waals surface area contributed by atoms with E-state index in [2.05, 4.69) is 36.8 Å². The van der Waals surface area contributed by atoms with Gasteiger partial charge in [-0.25, -0.2) is 9.48 Å². The van der Waals surface area contributed by atoms with Gasteiger partial charge in [0.05, 0.1) is 12.3 Å². The minimum atomic E-state index is -0.787. The Morgan fingerprint density at radius 2 is 1.82 bits per heavy atom. The van der Waals surface area contributed by atoms with Crippen molar-refractivity contribution in [3.8, 4) is 0 Å². The van der Waals surface area contributed by atoms with Crippen molar-refractivity contribution in [1.29, 1.82) is 0 Å². The molecule has 3 aliphatic rings. The molecule has 2 fully saturated rings. The van der Waals surface area contributed by atoms with Crippen LogP contribution in [0.5, 0.6) is 0 Å². The van der Waals surface area contributed by atoms with E-state index in [1.54, 1.807) is 6.20 Å². The van der Waals surface area contributed by atoms with Gasteiger partial charge in [0.25, 0.3) is 0 Å². The number of allylic oxidation sites excluding steroid dienone is 2. The van der Waals surface area contributed by atoms with Crippen molar-refractivity contribution in [1.82, 2.24) is 15.0 Å². The Morgan fingerprint density at radius 1 is 1.07 bits per heavy atom. The molecule has 1 saturated heterocycles. The number of carbonyl (C=O) groups is 3. The van der Waals surface area contributed by atoms with Gasteiger partial charge in [0.2, 0.25) is 0 Å². The van der Waals surface area contributed by atoms with Gasteiger partial charge in [-0.15, -0.1) is 5.10 Å². The Labute approximate surface area is 236 Å². The molecular weight excluding hydrogens is 514 g/mol. The molecule has 0 bridgehead atoms. The molecule has 0 radical (unpaired) electrons. The largest absolute Gasteiger partial charge is 0.463 e. The van der Waals surface area contributed by atoms with Crippen LogP contribution < -0.4 is 0 Å². The molecule has 10 nitrogen and oxygen atoms in total. The normalized spacial score (nSPS) is 33.8. The highest BCUT2D eigenvalue weighted by Crippen LogP contribution is 2.48. The molecule has 40 heavy (non-hydrogen) atoms. The Kier molecular flexibility index (Phi) is 9.48. The molecule has 0 N–H and O–H groups in total. The topological polar surface area (TPSA) is 119 Å². The molecule has 10 heteroatoms. The van der Waals surface area contributed by atoms with Crippen LogP contribution in [0.15, 0.2) is 30.0 Å². The summed E-state index contributed by atoms with van der Waals surface area (Å²) in [6, 6.07) is 0. The van der Waals surface area contributed by atoms with Gasteiger partial charge in [-0.05, 0) is 62.2 Å². The third-order valence-electron chi connectivity index (χ3n) is 9.13. The second-order valence-electron chi connectivity index (χ2n) is 11.9. The van der Waals surface area contributed by atoms with Crippen LogP contribution in [0.4, 0.5) is 0 Å². The zero-order chi connectivity index (χ0) is 29.1. The van der Waals surface area contributed by atoms with Crippen LogP contribution in [0.25, 0.3) is 0 Å². The fourth-order valence-electron chi connectivity index (χ4n) is 6.58. The van der Waals surface area contributed by atoms with Gasteiger partial charge < -0.3 is 18.9 Å². The van der Waals surface area contributed by atoms with Crippen molar-refractivity contribution in [2.75, 3.05) is 6.61 Å². The van der Waals surface area contributed by atoms with E-state index in [4.69, 9.17) is 18.9 Å². The van der Waals surface area contributed by atoms with Gasteiger partial charge in [-0.3, -0.25) is 9.59 Å². The summed E-state index contributed by atoms with van der Waals surface area (Å²) in [6.07, 6.45) is 6.41. The van der Waals surface area contributed by atoms with Crippen molar-refractivity contribution in [3.05, 3.63) is 35.7 Å². The molecule has 1 aromatic rings. The van der Waals surface area contributed by atoms with Gasteiger partial charge in [0.15, 0.2) is 12.3 Å². The van der Waals surface area contributed by atoms with Gasteiger partial charge in [0.1, 0.15) is 18.9 Å². The van der Waals surface area contributed by atoms with E-state index in [0.29, 0.717) is 29.0 Å². The van der Waals surface area contributed by atoms with E-state index in [1.807, 2.05) is 13.8 Å². The summed E-state index contributed by atoms with van der Waals surface area (Å²) in [5.41, 5.74) is 2.33. The summed E-state index contributed by atoms with van der Waals surface area (Å²) in [7, 11) is 0. The molecule has 0 amide bonds. The predicted octanol–water partition coefficient (Wildman–Crippen LogP) is 4.56. The Bertz CT molecular complexity index is 1140. The molecule has 9 atom stereocenters. The van der Waals surface area contributed by atoms with E-state index in [1.165, 1.54) is 24.1 Å². The maximum Gasteiger partial charge on any atom is 0.334 e. The van der Waals surface area contributed by atoms with Crippen LogP contribution in [0, 0.1) is 35.5 Å². The Balaban J connectivity index is 1.42. The number of hydrogen-bond donors (Lipinski definition) is 0. The SMILES string of the molecule is C=C(C(=O)OCc1cn(C2OC(COC(C)=O)[C@H](C)[C@H](C)[C@@H]2OC(C)=O)nn1)[C@@H]1CC[C@@H](C)[C@@H]2CCC(C)=C[C@@H]21. The maximum absolute atomic E-state index is 13.1. The molecule has 1 aliphatic heterocycles. The van der Waals surface area contributed by atoms with E-state index < -0.39 is 36.3 Å². The number of rotatable bonds is 8. The quantitative estimate of drug-likeness (QED) is 0.196. The second kappa shape index (κ2) is 12.7. The molecule has 220 valence electrons. The molecule has 4 rings (SSSR count). The summed E-state index contributed by atoms with van der Waals surface area (Å²) in [6.45, 7) is 15.2. The van der Waals surface area contributed by atoms with Crippen LogP contribution in [0.3, 0.4) is 0 Å². The van der Waals surface area contributed by atoms with Crippen molar-refractivity contribution < 1.29 is 33.3 Å². The Morgan fingerprint density at radius 3 is 2.52 bits per heavy atom. The van der Waals surface area contributed by atoms with Crippen LogP contribution in [-0.4, -0.2) is 51.7 Å². The number of nitrogens with zero attached hydrogens (tertiary/aromatic N) is 3. The number of hydrogen-bond acceptors (Lipinski definition) is 9. The number of esters is 3. The van der Waals surface area contributed by atoms with E-state index in [0.717, 1.165) is 25.7 Å². The smallest absolute Gasteiger partial charge is 0.334 e. The molecule has 2 heterocycles. The summed E-state index contributed by atoms with van der Waals surface area (Å²) >= 11 is 0. The number of ether oxygens (including phenoxy) is 4. The highest BCUT2D eigenvalue weighted by Gasteiger charge is 2.45. The van der Waals surface area contributed by atoms with Crippen LogP contribution in [0.1, 0.15) is 79.1 Å². The predicted molar refractivity (Wildman–Crippen MR) is 145 cm³/mol. The average molecular weight is 558 g/mol. The fourth-order valence-corrected chi connectivity index (χ4v) is 6.58. The first kappa shape index (κ1) is 30.0. The number of fused-ring (bicyclic) bond motifs is 1. The van der Waals surface area contributed by atoms with E-state index >= 15 is 0 Å². The molecule has 2 unspecified atom stereocenters. The number of carbonyl (C=O) groups excluding carboxylic acids is 3. The zero-order valence-corrected chi connectivity index (χ0v) is 24.5. The van der Waals surface area contributed by atoms with Gasteiger partial charge in [-0.1, -0.05) is 44.2 Å². The summed E-state index contributed by atoms with van der Waals surface area (Å²) in [5, 5.41) is 8.36. The third kappa shape index (κ3) is 6.65. The van der Waals surface area contributed by atoms with E-state index in [9.17, 15) is 14.4 Å². The first-order chi connectivity index (χ1) is 19.0. The summed E-state index contributed by atoms with van der Waals surface area (Å²) < 4.78 is 24.1. The molecule has 0 aromatic carbocycles. The molecule has 0 spiro atoms. The lowest BCUT2D eigenvalue weighted by Gasteiger charge is -2.43. The van der Waals surface area contributed by atoms with Crippen LogP contribution in [-0.2, 0) is 39.9 Å². The monoisotopic (exact) mass is 557 g/mol. The Hall–Kier alpha value is -3.01. The van der Waals surface area contributed by atoms with E-state index in [-0.39, 0.29) is 31.0 Å². The zero-order valence-electron chi connectivity index (χ0n) is 24.5. The minimum Gasteiger partial charge on any atom is -0.463 e. The highest BCUT2D eigenvalue weighted by atomic mass is 16.6. The van der Waals surface area contributed by atoms with Crippen molar-refractivity contribution in [2.24, 2.45) is 35.5 Å². The van der Waals surface area contributed by atoms with Crippen LogP contribution >= 0.6 is 0 Å². The average Bonchev–Trinajstić information content (AvgIpc) is 3.38. The van der Waals surface area contributed by atoms with Gasteiger partial charge in [-0.2, -0.15) is 0 Å². The first-order valence-corrected chi connectivity index (χ1v) is 14.4. The molecule has 1 saturated carbocycles. The lowest BCUT2D eigenvalue weighted by molar-refractivity contribution is -0.227. The summed E-state index contributed by atoms with van der Waals surface area (Å²) in [4.78, 5) is 36.3. The van der Waals surface area contributed by atoms with Crippen LogP contribution in [0.2, 0.25) is 0 Å². The minimum absolute atomic E-state index is 0.0555. The van der Waals surface area contributed by atoms with Crippen molar-refractivity contribution in [3.63, 3.8) is 0 Å². The standard InChI is InChI=1S/C30H43N3O7/c1-16-8-10-24-17(2)9-11-25(26(24)12-16)20(5)30(36)38-14-23-13-33(32-31-23)29-28(39-22(7)35)19(4)18(3)27(40-29)15-37-21(6)34/h12-13,17-19,24-29H,5,8-11,14-15H2,1-4,6-7H3/t17-,18-,19+,24+,25+,26+,27?,28+,29?/m1/s1. The molecule has 2 aliphatic carbocycles. The van der Waals surface area contributed by atoms with Gasteiger partial charge in [0, 0.05) is 25.3 Å². The van der Waals surface area contributed by atoms with Gasteiger partial charge >= 0.3 is 17.9 Å². The second-order valence-corrected chi connectivity index (χ2v) is 11.9. The highest BCUT2D eigenvalue weighted by molar-refractivity contribution is 5.88. The number of aromatic nitrogens is 3.